The normalized spacial score (nSPS) is 23.0. The van der Waals surface area contributed by atoms with E-state index in [2.05, 4.69) is 5.32 Å². The number of nitrogens with one attached hydrogen (secondary N) is 1. The van der Waals surface area contributed by atoms with Gasteiger partial charge in [-0.2, -0.15) is 0 Å². The second kappa shape index (κ2) is 8.61. The van der Waals surface area contributed by atoms with Crippen molar-refractivity contribution in [3.05, 3.63) is 70.6 Å². The predicted octanol–water partition coefficient (Wildman–Crippen LogP) is 4.02. The van der Waals surface area contributed by atoms with Gasteiger partial charge in [-0.1, -0.05) is 49.4 Å². The van der Waals surface area contributed by atoms with E-state index in [0.29, 0.717) is 23.3 Å². The molecule has 0 saturated carbocycles. The molecule has 2 aromatic rings. The largest absolute Gasteiger partial charge is 0.468 e. The summed E-state index contributed by atoms with van der Waals surface area (Å²) in [6.45, 7) is 5.68. The molecule has 166 valence electrons. The molecule has 1 heterocycles. The molecule has 0 unspecified atom stereocenters. The first-order valence-electron chi connectivity index (χ1n) is 10.9. The van der Waals surface area contributed by atoms with Crippen molar-refractivity contribution in [3.8, 4) is 0 Å². The number of ether oxygens (including phenoxy) is 2. The van der Waals surface area contributed by atoms with Crippen molar-refractivity contribution in [2.75, 3.05) is 13.7 Å². The van der Waals surface area contributed by atoms with Gasteiger partial charge in [0.25, 0.3) is 0 Å². The van der Waals surface area contributed by atoms with Crippen molar-refractivity contribution in [1.29, 1.82) is 0 Å². The molecule has 0 radical (unpaired) electrons. The Labute approximate surface area is 187 Å². The maximum Gasteiger partial charge on any atom is 0.336 e. The molecule has 6 heteroatoms. The van der Waals surface area contributed by atoms with Gasteiger partial charge in [0.05, 0.1) is 19.3 Å². The van der Waals surface area contributed by atoms with Crippen molar-refractivity contribution in [1.82, 2.24) is 5.32 Å². The van der Waals surface area contributed by atoms with Crippen LogP contribution in [0, 0.1) is 11.8 Å². The topological polar surface area (TPSA) is 81.7 Å². The Morgan fingerprint density at radius 3 is 2.56 bits per heavy atom. The molecule has 2 aromatic carbocycles. The lowest BCUT2D eigenvalue weighted by Gasteiger charge is -2.38. The van der Waals surface area contributed by atoms with E-state index in [-0.39, 0.29) is 18.3 Å². The summed E-state index contributed by atoms with van der Waals surface area (Å²) in [6, 6.07) is 13.7. The number of carbonyl (C=O) groups excluding carboxylic acids is 3. The summed E-state index contributed by atoms with van der Waals surface area (Å²) >= 11 is 0. The van der Waals surface area contributed by atoms with Gasteiger partial charge in [0.2, 0.25) is 0 Å². The van der Waals surface area contributed by atoms with Gasteiger partial charge in [0.15, 0.2) is 5.78 Å². The molecule has 1 aliphatic carbocycles. The van der Waals surface area contributed by atoms with Crippen molar-refractivity contribution in [2.45, 2.75) is 33.1 Å². The van der Waals surface area contributed by atoms with E-state index in [1.165, 1.54) is 7.11 Å². The van der Waals surface area contributed by atoms with Crippen LogP contribution in [0.25, 0.3) is 10.8 Å². The van der Waals surface area contributed by atoms with Crippen LogP contribution < -0.4 is 5.32 Å². The van der Waals surface area contributed by atoms with Crippen LogP contribution in [0.2, 0.25) is 0 Å². The van der Waals surface area contributed by atoms with Crippen LogP contribution in [0.4, 0.5) is 0 Å². The van der Waals surface area contributed by atoms with Gasteiger partial charge < -0.3 is 14.8 Å². The highest BCUT2D eigenvalue weighted by Gasteiger charge is 2.47. The number of allylic oxidation sites excluding steroid dienone is 3. The number of hydrogen-bond donors (Lipinski definition) is 1. The summed E-state index contributed by atoms with van der Waals surface area (Å²) in [5, 5.41) is 5.23. The standard InChI is InChI=1S/C26H27NO5/c1-5-32-26(30)21-15(3)27-19-13-14(2)20(25(29)31-4)24(28)23(19)22(21)18-12-8-10-16-9-6-7-11-17(16)18/h6-12,14,20,22,27H,5,13H2,1-4H3/t14-,20-,22+/m0/s1. The van der Waals surface area contributed by atoms with E-state index in [4.69, 9.17) is 9.47 Å². The van der Waals surface area contributed by atoms with Crippen molar-refractivity contribution < 1.29 is 23.9 Å². The van der Waals surface area contributed by atoms with E-state index < -0.39 is 23.8 Å². The first-order chi connectivity index (χ1) is 15.4. The minimum absolute atomic E-state index is 0.216. The van der Waals surface area contributed by atoms with Gasteiger partial charge in [0, 0.05) is 22.9 Å². The Bertz CT molecular complexity index is 1170. The number of hydrogen-bond acceptors (Lipinski definition) is 6. The van der Waals surface area contributed by atoms with Crippen LogP contribution in [0.5, 0.6) is 0 Å². The zero-order valence-corrected chi connectivity index (χ0v) is 18.7. The maximum atomic E-state index is 13.7. The fourth-order valence-corrected chi connectivity index (χ4v) is 4.97. The number of carbonyl (C=O) groups is 3. The Kier molecular flexibility index (Phi) is 5.87. The highest BCUT2D eigenvalue weighted by Crippen LogP contribution is 2.46. The van der Waals surface area contributed by atoms with E-state index in [0.717, 1.165) is 22.0 Å². The third-order valence-corrected chi connectivity index (χ3v) is 6.37. The molecule has 0 bridgehead atoms. The summed E-state index contributed by atoms with van der Waals surface area (Å²) in [5.41, 5.74) is 3.10. The highest BCUT2D eigenvalue weighted by atomic mass is 16.5. The fourth-order valence-electron chi connectivity index (χ4n) is 4.97. The summed E-state index contributed by atoms with van der Waals surface area (Å²) in [4.78, 5) is 39.4. The second-order valence-electron chi connectivity index (χ2n) is 8.32. The molecule has 1 aliphatic heterocycles. The SMILES string of the molecule is CCOC(=O)C1=C(C)NC2=C(C(=O)[C@@H](C(=O)OC)[C@@H](C)C2)[C@@H]1c1cccc2ccccc12. The molecule has 2 aliphatic rings. The lowest BCUT2D eigenvalue weighted by atomic mass is 9.68. The maximum absolute atomic E-state index is 13.7. The molecule has 32 heavy (non-hydrogen) atoms. The molecule has 1 N–H and O–H groups in total. The van der Waals surface area contributed by atoms with E-state index in [9.17, 15) is 14.4 Å². The Morgan fingerprint density at radius 2 is 1.84 bits per heavy atom. The van der Waals surface area contributed by atoms with Crippen molar-refractivity contribution in [2.24, 2.45) is 11.8 Å². The number of Topliss-reactive ketones (excluding diaryl/α,β-unsaturated/α-hetero) is 1. The molecule has 0 saturated heterocycles. The number of benzene rings is 2. The van der Waals surface area contributed by atoms with E-state index in [1.807, 2.05) is 56.3 Å². The molecular formula is C26H27NO5. The molecule has 6 nitrogen and oxygen atoms in total. The molecule has 4 rings (SSSR count). The van der Waals surface area contributed by atoms with Gasteiger partial charge in [-0.3, -0.25) is 9.59 Å². The van der Waals surface area contributed by atoms with Crippen LogP contribution in [0.3, 0.4) is 0 Å². The third-order valence-electron chi connectivity index (χ3n) is 6.37. The number of rotatable bonds is 4. The Balaban J connectivity index is 1.97. The second-order valence-corrected chi connectivity index (χ2v) is 8.32. The number of fused-ring (bicyclic) bond motifs is 1. The molecule has 0 amide bonds. The Morgan fingerprint density at radius 1 is 1.12 bits per heavy atom. The molecule has 0 aromatic heterocycles. The average molecular weight is 434 g/mol. The third kappa shape index (κ3) is 3.49. The number of methoxy groups -OCH3 is 1. The lowest BCUT2D eigenvalue weighted by molar-refractivity contribution is -0.151. The highest BCUT2D eigenvalue weighted by molar-refractivity contribution is 6.13. The van der Waals surface area contributed by atoms with Gasteiger partial charge in [-0.05, 0) is 42.5 Å². The molecule has 0 spiro atoms. The minimum atomic E-state index is -0.903. The quantitative estimate of drug-likeness (QED) is 0.579. The number of dihydropyridines is 1. The summed E-state index contributed by atoms with van der Waals surface area (Å²) in [6.07, 6.45) is 0.509. The number of esters is 2. The first kappa shape index (κ1) is 21.8. The van der Waals surface area contributed by atoms with Crippen LogP contribution >= 0.6 is 0 Å². The van der Waals surface area contributed by atoms with Gasteiger partial charge in [0.1, 0.15) is 5.92 Å². The average Bonchev–Trinajstić information content (AvgIpc) is 2.77. The van der Waals surface area contributed by atoms with Crippen LogP contribution in [0.15, 0.2) is 65.0 Å². The van der Waals surface area contributed by atoms with Gasteiger partial charge in [-0.15, -0.1) is 0 Å². The van der Waals surface area contributed by atoms with Crippen molar-refractivity contribution in [3.63, 3.8) is 0 Å². The zero-order chi connectivity index (χ0) is 23.0. The van der Waals surface area contributed by atoms with E-state index >= 15 is 0 Å². The van der Waals surface area contributed by atoms with Crippen molar-refractivity contribution >= 4 is 28.5 Å². The monoisotopic (exact) mass is 433 g/mol. The minimum Gasteiger partial charge on any atom is -0.468 e. The van der Waals surface area contributed by atoms with Crippen LogP contribution in [-0.4, -0.2) is 31.4 Å². The van der Waals surface area contributed by atoms with Gasteiger partial charge in [-0.25, -0.2) is 4.79 Å². The first-order valence-corrected chi connectivity index (χ1v) is 10.9. The number of ketones is 1. The summed E-state index contributed by atoms with van der Waals surface area (Å²) in [5.74, 6) is -3.07. The lowest BCUT2D eigenvalue weighted by Crippen LogP contribution is -2.43. The molecule has 0 fully saturated rings. The van der Waals surface area contributed by atoms with E-state index in [1.54, 1.807) is 6.92 Å². The molecule has 3 atom stereocenters. The van der Waals surface area contributed by atoms with Gasteiger partial charge >= 0.3 is 11.9 Å². The summed E-state index contributed by atoms with van der Waals surface area (Å²) in [7, 11) is 1.29. The zero-order valence-electron chi connectivity index (χ0n) is 18.7. The molecular weight excluding hydrogens is 406 g/mol. The summed E-state index contributed by atoms with van der Waals surface area (Å²) < 4.78 is 10.3. The predicted molar refractivity (Wildman–Crippen MR) is 120 cm³/mol. The fraction of sp³-hybridized carbons (Fsp3) is 0.346. The van der Waals surface area contributed by atoms with Crippen LogP contribution in [0.1, 0.15) is 38.7 Å². The Hall–Kier alpha value is -3.41. The smallest absolute Gasteiger partial charge is 0.336 e. The van der Waals surface area contributed by atoms with Crippen LogP contribution in [-0.2, 0) is 23.9 Å².